The van der Waals surface area contributed by atoms with E-state index in [1.165, 1.54) is 30.5 Å². The first-order valence-electron chi connectivity index (χ1n) is 6.95. The van der Waals surface area contributed by atoms with Crippen molar-refractivity contribution in [3.8, 4) is 0 Å². The summed E-state index contributed by atoms with van der Waals surface area (Å²) in [5.41, 5.74) is -0.771. The maximum atomic E-state index is 12.9. The zero-order valence-electron chi connectivity index (χ0n) is 12.5. The maximum absolute atomic E-state index is 12.9. The van der Waals surface area contributed by atoms with Crippen LogP contribution in [0.2, 0.25) is 0 Å². The van der Waals surface area contributed by atoms with E-state index < -0.39 is 11.6 Å². The molecular formula is C16H19FN2O3. The summed E-state index contributed by atoms with van der Waals surface area (Å²) >= 11 is 0. The Morgan fingerprint density at radius 2 is 2.05 bits per heavy atom. The molecule has 0 saturated carbocycles. The zero-order chi connectivity index (χ0) is 16.2. The number of hydrogen-bond acceptors (Lipinski definition) is 3. The molecule has 2 rings (SSSR count). The quantitative estimate of drug-likeness (QED) is 0.795. The molecular weight excluding hydrogens is 287 g/mol. The first kappa shape index (κ1) is 16.0. The fourth-order valence-electron chi connectivity index (χ4n) is 2.02. The molecule has 6 heteroatoms. The van der Waals surface area contributed by atoms with Crippen LogP contribution in [-0.2, 0) is 5.60 Å². The minimum absolute atomic E-state index is 0.00462. The highest BCUT2D eigenvalue weighted by molar-refractivity contribution is 5.74. The van der Waals surface area contributed by atoms with Crippen LogP contribution in [0.5, 0.6) is 0 Å². The van der Waals surface area contributed by atoms with Crippen molar-refractivity contribution in [2.45, 2.75) is 25.5 Å². The molecule has 0 saturated heterocycles. The van der Waals surface area contributed by atoms with Crippen LogP contribution < -0.4 is 10.6 Å². The van der Waals surface area contributed by atoms with Crippen LogP contribution in [0.4, 0.5) is 9.18 Å². The van der Waals surface area contributed by atoms with E-state index in [-0.39, 0.29) is 18.4 Å². The van der Waals surface area contributed by atoms with Crippen molar-refractivity contribution in [2.24, 2.45) is 0 Å². The predicted molar refractivity (Wildman–Crippen MR) is 79.6 cm³/mol. The summed E-state index contributed by atoms with van der Waals surface area (Å²) in [5.74, 6) is 0.262. The lowest BCUT2D eigenvalue weighted by Gasteiger charge is -2.24. The van der Waals surface area contributed by atoms with Crippen LogP contribution in [0.25, 0.3) is 0 Å². The summed E-state index contributed by atoms with van der Waals surface area (Å²) in [4.78, 5) is 11.8. The third-order valence-electron chi connectivity index (χ3n) is 3.38. The molecule has 118 valence electrons. The fraction of sp³-hybridized carbons (Fsp3) is 0.312. The molecule has 1 heterocycles. The van der Waals surface area contributed by atoms with E-state index in [0.29, 0.717) is 11.3 Å². The van der Waals surface area contributed by atoms with Gasteiger partial charge in [-0.25, -0.2) is 9.18 Å². The lowest BCUT2D eigenvalue weighted by Crippen LogP contribution is -2.44. The number of amides is 2. The summed E-state index contributed by atoms with van der Waals surface area (Å²) in [7, 11) is 0. The van der Waals surface area contributed by atoms with E-state index in [1.54, 1.807) is 26.0 Å². The van der Waals surface area contributed by atoms with E-state index in [4.69, 9.17) is 4.42 Å². The van der Waals surface area contributed by atoms with Crippen molar-refractivity contribution in [1.82, 2.24) is 10.6 Å². The van der Waals surface area contributed by atoms with E-state index in [2.05, 4.69) is 10.6 Å². The number of halogens is 1. The molecule has 2 aromatic rings. The molecule has 0 bridgehead atoms. The number of benzene rings is 1. The van der Waals surface area contributed by atoms with Gasteiger partial charge in [0, 0.05) is 0 Å². The molecule has 2 amide bonds. The van der Waals surface area contributed by atoms with E-state index in [1.807, 2.05) is 0 Å². The summed E-state index contributed by atoms with van der Waals surface area (Å²) < 4.78 is 18.1. The van der Waals surface area contributed by atoms with Crippen molar-refractivity contribution in [3.05, 3.63) is 59.8 Å². The number of aliphatic hydroxyl groups is 1. The van der Waals surface area contributed by atoms with Crippen LogP contribution in [0.15, 0.2) is 47.1 Å². The summed E-state index contributed by atoms with van der Waals surface area (Å²) in [5, 5.41) is 15.7. The molecule has 0 aliphatic heterocycles. The van der Waals surface area contributed by atoms with Crippen molar-refractivity contribution in [2.75, 3.05) is 6.54 Å². The van der Waals surface area contributed by atoms with Crippen LogP contribution >= 0.6 is 0 Å². The van der Waals surface area contributed by atoms with E-state index in [9.17, 15) is 14.3 Å². The topological polar surface area (TPSA) is 74.5 Å². The fourth-order valence-corrected chi connectivity index (χ4v) is 2.02. The lowest BCUT2D eigenvalue weighted by molar-refractivity contribution is 0.0592. The highest BCUT2D eigenvalue weighted by atomic mass is 19.1. The van der Waals surface area contributed by atoms with Crippen molar-refractivity contribution in [1.29, 1.82) is 0 Å². The average Bonchev–Trinajstić information content (AvgIpc) is 3.00. The molecule has 3 N–H and O–H groups in total. The zero-order valence-corrected chi connectivity index (χ0v) is 12.5. The molecule has 0 unspecified atom stereocenters. The van der Waals surface area contributed by atoms with Gasteiger partial charge < -0.3 is 20.2 Å². The Hall–Kier alpha value is -2.34. The molecule has 22 heavy (non-hydrogen) atoms. The smallest absolute Gasteiger partial charge is 0.315 e. The Bertz CT molecular complexity index is 609. The number of hydrogen-bond donors (Lipinski definition) is 3. The van der Waals surface area contributed by atoms with Gasteiger partial charge in [0.05, 0.1) is 18.8 Å². The van der Waals surface area contributed by atoms with Crippen LogP contribution in [0.3, 0.4) is 0 Å². The third kappa shape index (κ3) is 4.08. The Morgan fingerprint density at radius 1 is 1.36 bits per heavy atom. The van der Waals surface area contributed by atoms with E-state index >= 15 is 0 Å². The van der Waals surface area contributed by atoms with Gasteiger partial charge in [0.15, 0.2) is 0 Å². The van der Waals surface area contributed by atoms with Crippen LogP contribution in [0.1, 0.15) is 31.2 Å². The number of carbonyl (C=O) groups is 1. The van der Waals surface area contributed by atoms with Gasteiger partial charge in [-0.1, -0.05) is 12.1 Å². The van der Waals surface area contributed by atoms with Crippen LogP contribution in [-0.4, -0.2) is 17.7 Å². The second-order valence-electron chi connectivity index (χ2n) is 5.34. The summed E-state index contributed by atoms with van der Waals surface area (Å²) in [6.07, 6.45) is 1.53. The molecule has 5 nitrogen and oxygen atoms in total. The average molecular weight is 306 g/mol. The number of nitrogens with one attached hydrogen (secondary N) is 2. The number of carbonyl (C=O) groups excluding carboxylic acids is 1. The summed E-state index contributed by atoms with van der Waals surface area (Å²) in [6.45, 7) is 3.34. The van der Waals surface area contributed by atoms with Crippen molar-refractivity contribution < 1.29 is 18.7 Å². The Morgan fingerprint density at radius 3 is 2.64 bits per heavy atom. The SMILES string of the molecule is C[C@H](NC(=O)NC[C@@](C)(O)c1ccc(F)cc1)c1ccco1. The van der Waals surface area contributed by atoms with Gasteiger partial charge in [-0.2, -0.15) is 0 Å². The number of rotatable bonds is 5. The second-order valence-corrected chi connectivity index (χ2v) is 5.34. The molecule has 0 aliphatic rings. The van der Waals surface area contributed by atoms with Crippen LogP contribution in [0, 0.1) is 5.82 Å². The molecule has 0 fully saturated rings. The van der Waals surface area contributed by atoms with E-state index in [0.717, 1.165) is 0 Å². The van der Waals surface area contributed by atoms with Crippen molar-refractivity contribution in [3.63, 3.8) is 0 Å². The molecule has 0 spiro atoms. The predicted octanol–water partition coefficient (Wildman–Crippen LogP) is 2.69. The van der Waals surface area contributed by atoms with Gasteiger partial charge >= 0.3 is 6.03 Å². The Labute approximate surface area is 128 Å². The van der Waals surface area contributed by atoms with Gasteiger partial charge in [-0.15, -0.1) is 0 Å². The number of furan rings is 1. The lowest BCUT2D eigenvalue weighted by atomic mass is 9.96. The minimum atomic E-state index is -1.29. The highest BCUT2D eigenvalue weighted by Crippen LogP contribution is 2.20. The first-order chi connectivity index (χ1) is 10.4. The van der Waals surface area contributed by atoms with Gasteiger partial charge in [0.25, 0.3) is 0 Å². The molecule has 0 radical (unpaired) electrons. The van der Waals surface area contributed by atoms with Gasteiger partial charge in [-0.05, 0) is 43.7 Å². The highest BCUT2D eigenvalue weighted by Gasteiger charge is 2.24. The normalized spacial score (nSPS) is 14.9. The van der Waals surface area contributed by atoms with Gasteiger partial charge in [0.2, 0.25) is 0 Å². The van der Waals surface area contributed by atoms with Gasteiger partial charge in [0.1, 0.15) is 17.2 Å². The van der Waals surface area contributed by atoms with Gasteiger partial charge in [-0.3, -0.25) is 0 Å². The number of urea groups is 1. The Balaban J connectivity index is 1.88. The first-order valence-corrected chi connectivity index (χ1v) is 6.95. The molecule has 0 aliphatic carbocycles. The molecule has 1 aromatic carbocycles. The Kier molecular flexibility index (Phi) is 4.82. The summed E-state index contributed by atoms with van der Waals surface area (Å²) in [6, 6.07) is 8.30. The monoisotopic (exact) mass is 306 g/mol. The molecule has 2 atom stereocenters. The third-order valence-corrected chi connectivity index (χ3v) is 3.38. The maximum Gasteiger partial charge on any atom is 0.315 e. The van der Waals surface area contributed by atoms with Crippen molar-refractivity contribution >= 4 is 6.03 Å². The molecule has 1 aromatic heterocycles. The second kappa shape index (κ2) is 6.62. The minimum Gasteiger partial charge on any atom is -0.467 e. The standard InChI is InChI=1S/C16H19FN2O3/c1-11(14-4-3-9-22-14)19-15(20)18-10-16(2,21)12-5-7-13(17)8-6-12/h3-9,11,21H,10H2,1-2H3,(H2,18,19,20)/t11-,16+/m0/s1. The largest absolute Gasteiger partial charge is 0.467 e.